The number of hydrogen-bond donors (Lipinski definition) is 3. The van der Waals surface area contributed by atoms with Crippen LogP contribution in [0, 0.1) is 0 Å². The summed E-state index contributed by atoms with van der Waals surface area (Å²) < 4.78 is 2.01. The molecule has 0 aliphatic rings. The van der Waals surface area contributed by atoms with Crippen LogP contribution in [-0.4, -0.2) is 60.0 Å². The minimum absolute atomic E-state index is 0.142. The van der Waals surface area contributed by atoms with Crippen LogP contribution in [-0.2, 0) is 6.54 Å². The number of rotatable bonds is 10. The van der Waals surface area contributed by atoms with Crippen molar-refractivity contribution in [3.63, 3.8) is 0 Å². The molecule has 0 amide bonds. The Morgan fingerprint density at radius 3 is 2.40 bits per heavy atom. The zero-order valence-corrected chi connectivity index (χ0v) is 20.6. The molecule has 0 aliphatic carbocycles. The molecule has 35 heavy (non-hydrogen) atoms. The van der Waals surface area contributed by atoms with E-state index in [0.29, 0.717) is 12.5 Å². The molecule has 0 spiro atoms. The highest BCUT2D eigenvalue weighted by atomic mass is 16.3. The highest BCUT2D eigenvalue weighted by Crippen LogP contribution is 2.29. The van der Waals surface area contributed by atoms with E-state index in [1.807, 2.05) is 22.8 Å². The Kier molecular flexibility index (Phi) is 7.57. The third-order valence-electron chi connectivity index (χ3n) is 5.83. The van der Waals surface area contributed by atoms with Gasteiger partial charge in [0.05, 0.1) is 24.7 Å². The molecule has 0 fully saturated rings. The molecule has 3 N–H and O–H groups in total. The fourth-order valence-corrected chi connectivity index (χ4v) is 3.85. The summed E-state index contributed by atoms with van der Waals surface area (Å²) >= 11 is 0. The zero-order valence-electron chi connectivity index (χ0n) is 20.6. The van der Waals surface area contributed by atoms with Crippen molar-refractivity contribution in [3.8, 4) is 11.3 Å². The molecule has 4 rings (SSSR count). The van der Waals surface area contributed by atoms with Crippen molar-refractivity contribution in [2.24, 2.45) is 0 Å². The van der Waals surface area contributed by atoms with Crippen molar-refractivity contribution in [3.05, 3.63) is 60.6 Å². The summed E-state index contributed by atoms with van der Waals surface area (Å²) in [4.78, 5) is 20.8. The molecule has 3 aromatic heterocycles. The minimum Gasteiger partial charge on any atom is -0.394 e. The summed E-state index contributed by atoms with van der Waals surface area (Å²) in [6.45, 7) is 8.85. The molecule has 1 atom stereocenters. The first-order valence-corrected chi connectivity index (χ1v) is 11.9. The zero-order chi connectivity index (χ0) is 24.9. The van der Waals surface area contributed by atoms with Crippen LogP contribution in [0.1, 0.15) is 39.3 Å². The van der Waals surface area contributed by atoms with Crippen molar-refractivity contribution in [1.29, 1.82) is 0 Å². The number of hydrogen-bond acceptors (Lipinski definition) is 8. The number of nitrogens with zero attached hydrogens (tertiary/aromatic N) is 6. The predicted molar refractivity (Wildman–Crippen MR) is 138 cm³/mol. The predicted octanol–water partition coefficient (Wildman–Crippen LogP) is 3.65. The van der Waals surface area contributed by atoms with Gasteiger partial charge in [-0.2, -0.15) is 9.97 Å². The minimum atomic E-state index is -0.897. The van der Waals surface area contributed by atoms with Gasteiger partial charge in [0.15, 0.2) is 17.0 Å². The second-order valence-electron chi connectivity index (χ2n) is 9.14. The van der Waals surface area contributed by atoms with E-state index in [4.69, 9.17) is 4.98 Å². The van der Waals surface area contributed by atoms with Crippen LogP contribution in [0.15, 0.2) is 55.0 Å². The Labute approximate surface area is 205 Å². The van der Waals surface area contributed by atoms with E-state index in [9.17, 15) is 10.2 Å². The first-order chi connectivity index (χ1) is 16.9. The number of pyridine rings is 1. The number of anilines is 2. The van der Waals surface area contributed by atoms with Gasteiger partial charge in [-0.05, 0) is 45.4 Å². The molecule has 0 saturated heterocycles. The maximum Gasteiger partial charge on any atom is 0.226 e. The van der Waals surface area contributed by atoms with Gasteiger partial charge in [-0.15, -0.1) is 0 Å². The summed E-state index contributed by atoms with van der Waals surface area (Å²) in [5.41, 5.74) is 4.60. The van der Waals surface area contributed by atoms with Crippen LogP contribution in [0.4, 0.5) is 11.8 Å². The van der Waals surface area contributed by atoms with E-state index < -0.39 is 6.10 Å². The van der Waals surface area contributed by atoms with Gasteiger partial charge in [0.1, 0.15) is 0 Å². The van der Waals surface area contributed by atoms with Gasteiger partial charge in [-0.1, -0.05) is 30.3 Å². The smallest absolute Gasteiger partial charge is 0.226 e. The number of imidazole rings is 1. The Bertz CT molecular complexity index is 1240. The summed E-state index contributed by atoms with van der Waals surface area (Å²) in [6.07, 6.45) is 2.69. The van der Waals surface area contributed by atoms with E-state index in [1.54, 1.807) is 12.5 Å². The molecule has 9 heteroatoms. The van der Waals surface area contributed by atoms with Crippen LogP contribution < -0.4 is 10.2 Å². The lowest BCUT2D eigenvalue weighted by Gasteiger charge is -2.28. The standard InChI is InChI=1S/C26H33N7O2/c1-17(2)32(14-19-8-10-20(11-9-19)22-7-5-6-12-27-22)24-23-25(33(16-29-23)18(3)4)31-26(30-24)28-13-21(35)15-34/h5-12,16-18,21,34-35H,13-15H2,1-4H3,(H,28,30,31)/t21-/m0/s1. The lowest BCUT2D eigenvalue weighted by molar-refractivity contribution is 0.105. The lowest BCUT2D eigenvalue weighted by Crippen LogP contribution is -2.32. The lowest BCUT2D eigenvalue weighted by atomic mass is 10.1. The largest absolute Gasteiger partial charge is 0.394 e. The van der Waals surface area contributed by atoms with Crippen LogP contribution in [0.25, 0.3) is 22.4 Å². The van der Waals surface area contributed by atoms with E-state index in [2.05, 4.69) is 77.1 Å². The van der Waals surface area contributed by atoms with Crippen LogP contribution >= 0.6 is 0 Å². The van der Waals surface area contributed by atoms with E-state index >= 15 is 0 Å². The highest BCUT2D eigenvalue weighted by Gasteiger charge is 2.22. The van der Waals surface area contributed by atoms with Gasteiger partial charge < -0.3 is 25.0 Å². The number of fused-ring (bicyclic) bond motifs is 1. The van der Waals surface area contributed by atoms with Crippen molar-refractivity contribution in [2.45, 2.75) is 52.4 Å². The summed E-state index contributed by atoms with van der Waals surface area (Å²) in [5, 5.41) is 22.0. The van der Waals surface area contributed by atoms with E-state index in [-0.39, 0.29) is 25.2 Å². The van der Waals surface area contributed by atoms with Gasteiger partial charge in [-0.25, -0.2) is 4.98 Å². The number of aliphatic hydroxyl groups is 2. The fourth-order valence-electron chi connectivity index (χ4n) is 3.85. The van der Waals surface area contributed by atoms with Gasteiger partial charge in [0.2, 0.25) is 5.95 Å². The van der Waals surface area contributed by atoms with Crippen LogP contribution in [0.3, 0.4) is 0 Å². The number of benzene rings is 1. The summed E-state index contributed by atoms with van der Waals surface area (Å²) in [7, 11) is 0. The quantitative estimate of drug-likeness (QED) is 0.319. The maximum absolute atomic E-state index is 9.80. The van der Waals surface area contributed by atoms with Gasteiger partial charge in [-0.3, -0.25) is 4.98 Å². The molecule has 0 bridgehead atoms. The van der Waals surface area contributed by atoms with Crippen molar-refractivity contribution in [1.82, 2.24) is 24.5 Å². The first-order valence-electron chi connectivity index (χ1n) is 11.9. The van der Waals surface area contributed by atoms with Crippen molar-refractivity contribution < 1.29 is 10.2 Å². The van der Waals surface area contributed by atoms with Gasteiger partial charge >= 0.3 is 0 Å². The second-order valence-corrected chi connectivity index (χ2v) is 9.14. The molecule has 3 heterocycles. The molecular weight excluding hydrogens is 442 g/mol. The summed E-state index contributed by atoms with van der Waals surface area (Å²) in [5.74, 6) is 1.11. The monoisotopic (exact) mass is 475 g/mol. The van der Waals surface area contributed by atoms with Crippen molar-refractivity contribution in [2.75, 3.05) is 23.4 Å². The molecular formula is C26H33N7O2. The average Bonchev–Trinajstić information content (AvgIpc) is 3.30. The van der Waals surface area contributed by atoms with Crippen LogP contribution in [0.2, 0.25) is 0 Å². The highest BCUT2D eigenvalue weighted by molar-refractivity contribution is 5.85. The third kappa shape index (κ3) is 5.58. The Morgan fingerprint density at radius 1 is 1.00 bits per heavy atom. The number of nitrogens with one attached hydrogen (secondary N) is 1. The molecule has 184 valence electrons. The third-order valence-corrected chi connectivity index (χ3v) is 5.83. The molecule has 0 aliphatic heterocycles. The topological polar surface area (TPSA) is 112 Å². The second kappa shape index (κ2) is 10.8. The normalized spacial score (nSPS) is 12.5. The van der Waals surface area contributed by atoms with Gasteiger partial charge in [0, 0.05) is 36.9 Å². The Balaban J connectivity index is 1.69. The number of aliphatic hydroxyl groups excluding tert-OH is 2. The SMILES string of the molecule is CC(C)N(Cc1ccc(-c2ccccn2)cc1)c1nc(NC[C@H](O)CO)nc2c1ncn2C(C)C. The van der Waals surface area contributed by atoms with E-state index in [1.165, 1.54) is 0 Å². The van der Waals surface area contributed by atoms with E-state index in [0.717, 1.165) is 33.8 Å². The maximum atomic E-state index is 9.80. The molecule has 0 saturated carbocycles. The molecule has 9 nitrogen and oxygen atoms in total. The molecule has 0 unspecified atom stereocenters. The number of aromatic nitrogens is 5. The Hall–Kier alpha value is -3.56. The van der Waals surface area contributed by atoms with Crippen LogP contribution in [0.5, 0.6) is 0 Å². The molecule has 0 radical (unpaired) electrons. The summed E-state index contributed by atoms with van der Waals surface area (Å²) in [6, 6.07) is 14.6. The Morgan fingerprint density at radius 2 is 1.77 bits per heavy atom. The molecule has 4 aromatic rings. The molecule has 1 aromatic carbocycles. The average molecular weight is 476 g/mol. The first kappa shape index (κ1) is 24.6. The fraction of sp³-hybridized carbons (Fsp3) is 0.385. The van der Waals surface area contributed by atoms with Gasteiger partial charge in [0.25, 0.3) is 0 Å². The van der Waals surface area contributed by atoms with Crippen molar-refractivity contribution >= 4 is 22.9 Å².